The van der Waals surface area contributed by atoms with Crippen LogP contribution in [0.3, 0.4) is 0 Å². The summed E-state index contributed by atoms with van der Waals surface area (Å²) in [6, 6.07) is 0.287. The van der Waals surface area contributed by atoms with Gasteiger partial charge in [0.05, 0.1) is 5.92 Å². The van der Waals surface area contributed by atoms with Gasteiger partial charge >= 0.3 is 0 Å². The molecule has 2 saturated heterocycles. The molecule has 3 aliphatic rings. The van der Waals surface area contributed by atoms with E-state index in [0.717, 1.165) is 25.7 Å². The van der Waals surface area contributed by atoms with Gasteiger partial charge in [-0.05, 0) is 33.1 Å². The number of likely N-dealkylation sites (tertiary alicyclic amines) is 1. The summed E-state index contributed by atoms with van der Waals surface area (Å²) in [5, 5.41) is 3.76. The van der Waals surface area contributed by atoms with E-state index in [-0.39, 0.29) is 47.4 Å². The van der Waals surface area contributed by atoms with Gasteiger partial charge in [0.2, 0.25) is 21.8 Å². The molecule has 1 aliphatic carbocycles. The summed E-state index contributed by atoms with van der Waals surface area (Å²) < 4.78 is 32.6. The third-order valence-electron chi connectivity index (χ3n) is 6.61. The Morgan fingerprint density at radius 1 is 1.07 bits per heavy atom. The van der Waals surface area contributed by atoms with Crippen LogP contribution in [0.4, 0.5) is 0 Å². The zero-order valence-corrected chi connectivity index (χ0v) is 18.5. The van der Waals surface area contributed by atoms with Crippen LogP contribution in [0.2, 0.25) is 0 Å². The van der Waals surface area contributed by atoms with Gasteiger partial charge < -0.3 is 14.3 Å². The van der Waals surface area contributed by atoms with E-state index < -0.39 is 10.0 Å². The Balaban J connectivity index is 1.41. The van der Waals surface area contributed by atoms with Crippen LogP contribution in [0, 0.1) is 19.8 Å². The zero-order valence-electron chi connectivity index (χ0n) is 17.7. The summed E-state index contributed by atoms with van der Waals surface area (Å²) in [5.41, 5.74) is 0.348. The second kappa shape index (κ2) is 8.30. The van der Waals surface area contributed by atoms with Crippen LogP contribution in [-0.2, 0) is 19.6 Å². The van der Waals surface area contributed by atoms with E-state index in [9.17, 15) is 18.0 Å². The zero-order chi connectivity index (χ0) is 21.5. The highest BCUT2D eigenvalue weighted by molar-refractivity contribution is 7.89. The first-order chi connectivity index (χ1) is 14.3. The van der Waals surface area contributed by atoms with Gasteiger partial charge in [-0.2, -0.15) is 4.31 Å². The second-order valence-corrected chi connectivity index (χ2v) is 10.5. The Kier molecular flexibility index (Phi) is 5.89. The van der Waals surface area contributed by atoms with Gasteiger partial charge in [-0.15, -0.1) is 0 Å². The maximum atomic E-state index is 13.1. The fourth-order valence-corrected chi connectivity index (χ4v) is 6.81. The summed E-state index contributed by atoms with van der Waals surface area (Å²) >= 11 is 0. The molecule has 1 unspecified atom stereocenters. The number of carbonyl (C=O) groups excluding carboxylic acids is 2. The highest BCUT2D eigenvalue weighted by Crippen LogP contribution is 2.31. The molecule has 9 nitrogen and oxygen atoms in total. The Morgan fingerprint density at radius 3 is 2.47 bits per heavy atom. The van der Waals surface area contributed by atoms with Crippen molar-refractivity contribution >= 4 is 21.8 Å². The van der Waals surface area contributed by atoms with Crippen molar-refractivity contribution in [1.29, 1.82) is 0 Å². The van der Waals surface area contributed by atoms with Crippen molar-refractivity contribution < 1.29 is 22.5 Å². The molecule has 0 N–H and O–H groups in total. The Labute approximate surface area is 177 Å². The monoisotopic (exact) mass is 438 g/mol. The largest absolute Gasteiger partial charge is 0.360 e. The quantitative estimate of drug-likeness (QED) is 0.702. The predicted molar refractivity (Wildman–Crippen MR) is 108 cm³/mol. The number of carbonyl (C=O) groups is 2. The molecule has 1 saturated carbocycles. The third kappa shape index (κ3) is 3.87. The van der Waals surface area contributed by atoms with Crippen LogP contribution in [-0.4, -0.2) is 78.3 Å². The number of hydrogen-bond donors (Lipinski definition) is 0. The standard InChI is InChI=1S/C20H30N4O5S/c1-14-19(15(2)29-21-14)30(27,28)23-9-5-8-22(10-11-23)20(26)16-12-18(25)24(13-16)17-6-3-4-7-17/h16-17H,3-13H2,1-2H3. The molecule has 3 heterocycles. The SMILES string of the molecule is Cc1noc(C)c1S(=O)(=O)N1CCCN(C(=O)C2CC(=O)N(C3CCCC3)C2)CC1. The molecule has 10 heteroatoms. The maximum absolute atomic E-state index is 13.1. The molecule has 0 radical (unpaired) electrons. The van der Waals surface area contributed by atoms with E-state index in [1.54, 1.807) is 18.7 Å². The van der Waals surface area contributed by atoms with Crippen molar-refractivity contribution in [3.8, 4) is 0 Å². The fourth-order valence-electron chi connectivity index (χ4n) is 5.05. The molecule has 166 valence electrons. The van der Waals surface area contributed by atoms with Crippen LogP contribution in [0.1, 0.15) is 50.0 Å². The summed E-state index contributed by atoms with van der Waals surface area (Å²) in [5.74, 6) is 0.0167. The van der Waals surface area contributed by atoms with E-state index in [4.69, 9.17) is 4.52 Å². The smallest absolute Gasteiger partial charge is 0.248 e. The summed E-state index contributed by atoms with van der Waals surface area (Å²) in [6.45, 7) is 5.10. The van der Waals surface area contributed by atoms with E-state index in [1.165, 1.54) is 4.31 Å². The topological polar surface area (TPSA) is 104 Å². The molecule has 1 aromatic rings. The summed E-state index contributed by atoms with van der Waals surface area (Å²) in [4.78, 5) is 29.3. The lowest BCUT2D eigenvalue weighted by molar-refractivity contribution is -0.135. The number of nitrogens with zero attached hydrogens (tertiary/aromatic N) is 4. The van der Waals surface area contributed by atoms with E-state index in [1.807, 2.05) is 4.90 Å². The van der Waals surface area contributed by atoms with E-state index in [2.05, 4.69) is 5.16 Å². The molecule has 4 rings (SSSR count). The molecule has 2 aliphatic heterocycles. The van der Waals surface area contributed by atoms with Crippen LogP contribution < -0.4 is 0 Å². The van der Waals surface area contributed by atoms with Crippen LogP contribution in [0.5, 0.6) is 0 Å². The Bertz CT molecular complexity index is 902. The maximum Gasteiger partial charge on any atom is 0.248 e. The van der Waals surface area contributed by atoms with Crippen molar-refractivity contribution in [1.82, 2.24) is 19.3 Å². The average Bonchev–Trinajstić information content (AvgIpc) is 3.38. The Hall–Kier alpha value is -1.94. The van der Waals surface area contributed by atoms with Gasteiger partial charge in [-0.25, -0.2) is 8.42 Å². The number of aryl methyl sites for hydroxylation is 2. The first-order valence-corrected chi connectivity index (χ1v) is 12.2. The molecule has 0 bridgehead atoms. The minimum absolute atomic E-state index is 0.0274. The molecular formula is C20H30N4O5S. The molecule has 2 amide bonds. The van der Waals surface area contributed by atoms with Gasteiger partial charge in [0.1, 0.15) is 10.6 Å². The summed E-state index contributed by atoms with van der Waals surface area (Å²) in [7, 11) is -3.72. The highest BCUT2D eigenvalue weighted by Gasteiger charge is 2.41. The summed E-state index contributed by atoms with van der Waals surface area (Å²) in [6.07, 6.45) is 5.19. The average molecular weight is 439 g/mol. The predicted octanol–water partition coefficient (Wildman–Crippen LogP) is 1.31. The minimum Gasteiger partial charge on any atom is -0.360 e. The van der Waals surface area contributed by atoms with Gasteiger partial charge in [0.25, 0.3) is 0 Å². The fraction of sp³-hybridized carbons (Fsp3) is 0.750. The molecule has 0 aromatic carbocycles. The van der Waals surface area contributed by atoms with Crippen molar-refractivity contribution in [2.24, 2.45) is 5.92 Å². The lowest BCUT2D eigenvalue weighted by Crippen LogP contribution is -2.41. The third-order valence-corrected chi connectivity index (χ3v) is 8.75. The van der Waals surface area contributed by atoms with Crippen LogP contribution in [0.15, 0.2) is 9.42 Å². The van der Waals surface area contributed by atoms with Crippen molar-refractivity contribution in [3.63, 3.8) is 0 Å². The number of amides is 2. The molecule has 30 heavy (non-hydrogen) atoms. The lowest BCUT2D eigenvalue weighted by Gasteiger charge is -2.26. The lowest BCUT2D eigenvalue weighted by atomic mass is 10.1. The van der Waals surface area contributed by atoms with Crippen molar-refractivity contribution in [2.45, 2.75) is 63.3 Å². The highest BCUT2D eigenvalue weighted by atomic mass is 32.2. The number of sulfonamides is 1. The van der Waals surface area contributed by atoms with Gasteiger partial charge in [-0.3, -0.25) is 9.59 Å². The molecule has 1 atom stereocenters. The first-order valence-electron chi connectivity index (χ1n) is 10.8. The van der Waals surface area contributed by atoms with Gasteiger partial charge in [-0.1, -0.05) is 18.0 Å². The van der Waals surface area contributed by atoms with E-state index >= 15 is 0 Å². The van der Waals surface area contributed by atoms with Gasteiger partial charge in [0.15, 0.2) is 5.76 Å². The number of rotatable bonds is 4. The van der Waals surface area contributed by atoms with Gasteiger partial charge in [0, 0.05) is 45.2 Å². The van der Waals surface area contributed by atoms with E-state index in [0.29, 0.717) is 38.3 Å². The van der Waals surface area contributed by atoms with Crippen molar-refractivity contribution in [3.05, 3.63) is 11.5 Å². The molecule has 0 spiro atoms. The number of hydrogen-bond acceptors (Lipinski definition) is 6. The molecule has 1 aromatic heterocycles. The first kappa shape index (κ1) is 21.3. The number of aromatic nitrogens is 1. The van der Waals surface area contributed by atoms with Crippen molar-refractivity contribution in [2.75, 3.05) is 32.7 Å². The normalized spacial score (nSPS) is 24.6. The Morgan fingerprint density at radius 2 is 1.80 bits per heavy atom. The second-order valence-electron chi connectivity index (χ2n) is 8.62. The molecule has 3 fully saturated rings. The van der Waals surface area contributed by atoms with Crippen LogP contribution >= 0.6 is 0 Å². The molecular weight excluding hydrogens is 408 g/mol. The minimum atomic E-state index is -3.72. The van der Waals surface area contributed by atoms with Crippen LogP contribution in [0.25, 0.3) is 0 Å².